The van der Waals surface area contributed by atoms with Crippen molar-refractivity contribution in [2.45, 2.75) is 118 Å². The Hall–Kier alpha value is -1.78. The second-order valence-electron chi connectivity index (χ2n) is 13.1. The van der Waals surface area contributed by atoms with Gasteiger partial charge in [-0.1, -0.05) is 77.5 Å². The SMILES string of the molecule is C=C1[C@H](O)CC(=C/C=C(\CC)[C@@H]2CC[C@H]([C@H](C)/C=C/C(=O)C3(C(=O)CCC(C)C)CC3)[C@@]2(C)CC)C[C@H]1O. The van der Waals surface area contributed by atoms with E-state index in [4.69, 9.17) is 0 Å². The molecule has 3 aliphatic carbocycles. The number of aliphatic hydroxyl groups excluding tert-OH is 2. The minimum atomic E-state index is -0.727. The van der Waals surface area contributed by atoms with Crippen molar-refractivity contribution in [1.29, 1.82) is 0 Å². The number of ketones is 2. The number of aliphatic hydroxyl groups is 2. The molecule has 3 rings (SSSR count). The van der Waals surface area contributed by atoms with Gasteiger partial charge in [0.2, 0.25) is 0 Å². The van der Waals surface area contributed by atoms with Crippen LogP contribution in [0.25, 0.3) is 0 Å². The lowest BCUT2D eigenvalue weighted by Gasteiger charge is -2.39. The molecule has 4 nitrogen and oxygen atoms in total. The van der Waals surface area contributed by atoms with Gasteiger partial charge in [0.25, 0.3) is 0 Å². The third-order valence-electron chi connectivity index (χ3n) is 10.2. The third kappa shape index (κ3) is 6.50. The van der Waals surface area contributed by atoms with Crippen molar-refractivity contribution in [3.8, 4) is 0 Å². The lowest BCUT2D eigenvalue weighted by Crippen LogP contribution is -2.32. The van der Waals surface area contributed by atoms with Gasteiger partial charge in [-0.05, 0) is 98.5 Å². The molecule has 0 saturated heterocycles. The molecule has 2 N–H and O–H groups in total. The largest absolute Gasteiger partial charge is 0.388 e. The van der Waals surface area contributed by atoms with Gasteiger partial charge in [-0.15, -0.1) is 0 Å². The number of Topliss-reactive ketones (excluding diaryl/α,β-unsaturated/α-hetero) is 1. The molecule has 0 radical (unpaired) electrons. The smallest absolute Gasteiger partial charge is 0.168 e. The number of carbonyl (C=O) groups excluding carboxylic acids is 2. The summed E-state index contributed by atoms with van der Waals surface area (Å²) in [6.07, 6.45) is 15.0. The lowest BCUT2D eigenvalue weighted by atomic mass is 9.65. The Kier molecular flexibility index (Phi) is 10.2. The summed E-state index contributed by atoms with van der Waals surface area (Å²) in [6, 6.07) is 0. The van der Waals surface area contributed by atoms with Crippen molar-refractivity contribution in [1.82, 2.24) is 0 Å². The van der Waals surface area contributed by atoms with Gasteiger partial charge in [-0.2, -0.15) is 0 Å². The van der Waals surface area contributed by atoms with Crippen LogP contribution < -0.4 is 0 Å². The molecular formula is C34H52O4. The second kappa shape index (κ2) is 12.6. The highest BCUT2D eigenvalue weighted by Crippen LogP contribution is 2.56. The van der Waals surface area contributed by atoms with E-state index in [9.17, 15) is 19.8 Å². The summed E-state index contributed by atoms with van der Waals surface area (Å²) >= 11 is 0. The highest BCUT2D eigenvalue weighted by molar-refractivity contribution is 6.14. The fourth-order valence-corrected chi connectivity index (χ4v) is 7.13. The molecule has 4 heteroatoms. The Bertz CT molecular complexity index is 962. The molecule has 0 aliphatic heterocycles. The van der Waals surface area contributed by atoms with Crippen molar-refractivity contribution in [2.24, 2.45) is 34.5 Å². The van der Waals surface area contributed by atoms with Crippen LogP contribution in [-0.4, -0.2) is 34.0 Å². The van der Waals surface area contributed by atoms with Crippen LogP contribution in [0.15, 0.2) is 47.6 Å². The molecule has 0 heterocycles. The molecule has 0 aromatic heterocycles. The fraction of sp³-hybridized carbons (Fsp3) is 0.706. The molecule has 0 bridgehead atoms. The van der Waals surface area contributed by atoms with E-state index in [1.54, 1.807) is 6.08 Å². The molecule has 3 fully saturated rings. The van der Waals surface area contributed by atoms with Crippen molar-refractivity contribution >= 4 is 11.6 Å². The zero-order valence-corrected chi connectivity index (χ0v) is 24.8. The number of carbonyl (C=O) groups is 2. The quantitative estimate of drug-likeness (QED) is 0.159. The normalized spacial score (nSPS) is 32.2. The van der Waals surface area contributed by atoms with Gasteiger partial charge in [0.15, 0.2) is 5.78 Å². The second-order valence-corrected chi connectivity index (χ2v) is 13.1. The van der Waals surface area contributed by atoms with E-state index in [1.165, 1.54) is 5.57 Å². The van der Waals surface area contributed by atoms with Crippen molar-refractivity contribution in [3.63, 3.8) is 0 Å². The average Bonchev–Trinajstić information content (AvgIpc) is 3.63. The Morgan fingerprint density at radius 3 is 2.24 bits per heavy atom. The van der Waals surface area contributed by atoms with Gasteiger partial charge in [-0.3, -0.25) is 9.59 Å². The van der Waals surface area contributed by atoms with Gasteiger partial charge in [0.1, 0.15) is 5.78 Å². The van der Waals surface area contributed by atoms with Crippen molar-refractivity contribution < 1.29 is 19.8 Å². The maximum absolute atomic E-state index is 13.1. The number of hydrogen-bond acceptors (Lipinski definition) is 4. The van der Waals surface area contributed by atoms with Crippen molar-refractivity contribution in [2.75, 3.05) is 0 Å². The number of rotatable bonds is 12. The number of allylic oxidation sites excluding steroid dienone is 5. The van der Waals surface area contributed by atoms with Gasteiger partial charge < -0.3 is 10.2 Å². The molecule has 0 amide bonds. The number of hydrogen-bond donors (Lipinski definition) is 2. The summed E-state index contributed by atoms with van der Waals surface area (Å²) < 4.78 is 0. The highest BCUT2D eigenvalue weighted by atomic mass is 16.3. The Labute approximate surface area is 231 Å². The average molecular weight is 525 g/mol. The van der Waals surface area contributed by atoms with Crippen LogP contribution in [0.1, 0.15) is 106 Å². The van der Waals surface area contributed by atoms with E-state index in [2.05, 4.69) is 66.3 Å². The monoisotopic (exact) mass is 524 g/mol. The van der Waals surface area contributed by atoms with Crippen LogP contribution in [0, 0.1) is 34.5 Å². The van der Waals surface area contributed by atoms with Crippen LogP contribution in [-0.2, 0) is 9.59 Å². The van der Waals surface area contributed by atoms with Gasteiger partial charge in [0, 0.05) is 6.42 Å². The van der Waals surface area contributed by atoms with Crippen LogP contribution in [0.2, 0.25) is 0 Å². The summed E-state index contributed by atoms with van der Waals surface area (Å²) in [6.45, 7) is 17.2. The maximum atomic E-state index is 13.1. The van der Waals surface area contributed by atoms with Crippen LogP contribution in [0.3, 0.4) is 0 Å². The molecule has 0 aromatic rings. The molecule has 3 saturated carbocycles. The predicted octanol–water partition coefficient (Wildman–Crippen LogP) is 7.31. The predicted molar refractivity (Wildman–Crippen MR) is 156 cm³/mol. The molecule has 3 aliphatic rings. The fourth-order valence-electron chi connectivity index (χ4n) is 7.13. The van der Waals surface area contributed by atoms with Gasteiger partial charge in [-0.25, -0.2) is 0 Å². The van der Waals surface area contributed by atoms with Gasteiger partial charge in [0.05, 0.1) is 17.6 Å². The first-order chi connectivity index (χ1) is 17.9. The highest BCUT2D eigenvalue weighted by Gasteiger charge is 2.54. The zero-order chi connectivity index (χ0) is 28.3. The first-order valence-corrected chi connectivity index (χ1v) is 15.1. The minimum Gasteiger partial charge on any atom is -0.388 e. The van der Waals surface area contributed by atoms with E-state index in [1.807, 2.05) is 0 Å². The molecule has 0 aromatic carbocycles. The summed E-state index contributed by atoms with van der Waals surface area (Å²) in [5.41, 5.74) is 2.42. The molecule has 38 heavy (non-hydrogen) atoms. The van der Waals surface area contributed by atoms with E-state index in [0.29, 0.717) is 55.4 Å². The first kappa shape index (κ1) is 30.8. The van der Waals surface area contributed by atoms with E-state index in [0.717, 1.165) is 37.7 Å². The molecular weight excluding hydrogens is 472 g/mol. The van der Waals surface area contributed by atoms with E-state index in [-0.39, 0.29) is 22.9 Å². The Balaban J connectivity index is 1.71. The van der Waals surface area contributed by atoms with Crippen LogP contribution >= 0.6 is 0 Å². The van der Waals surface area contributed by atoms with Crippen LogP contribution in [0.5, 0.6) is 0 Å². The molecule has 0 spiro atoms. The zero-order valence-electron chi connectivity index (χ0n) is 24.8. The summed E-state index contributed by atoms with van der Waals surface area (Å²) in [5, 5.41) is 20.4. The third-order valence-corrected chi connectivity index (χ3v) is 10.2. The summed E-state index contributed by atoms with van der Waals surface area (Å²) in [7, 11) is 0. The lowest BCUT2D eigenvalue weighted by molar-refractivity contribution is -0.132. The molecule has 0 unspecified atom stereocenters. The van der Waals surface area contributed by atoms with Crippen molar-refractivity contribution in [3.05, 3.63) is 47.6 Å². The first-order valence-electron chi connectivity index (χ1n) is 15.1. The Morgan fingerprint density at radius 1 is 1.08 bits per heavy atom. The topological polar surface area (TPSA) is 74.6 Å². The Morgan fingerprint density at radius 2 is 1.71 bits per heavy atom. The molecule has 6 atom stereocenters. The van der Waals surface area contributed by atoms with Gasteiger partial charge >= 0.3 is 0 Å². The minimum absolute atomic E-state index is 0.0196. The summed E-state index contributed by atoms with van der Waals surface area (Å²) in [4.78, 5) is 25.9. The maximum Gasteiger partial charge on any atom is 0.168 e. The standard InChI is InChI=1S/C34H52O4/c1-8-26(13-12-25-20-29(35)24(6)30(36)21-25)28-15-14-27(33(28,7)9-2)23(5)11-17-32(38)34(18-19-34)31(37)16-10-22(3)4/h11-13,17,22-23,27-30,35-36H,6,8-10,14-16,18-21H2,1-5,7H3/b17-11+,26-13+/t23-,27-,28+,29-,30-,33-/m1/s1. The van der Waals surface area contributed by atoms with E-state index < -0.39 is 17.6 Å². The van der Waals surface area contributed by atoms with Crippen LogP contribution in [0.4, 0.5) is 0 Å². The van der Waals surface area contributed by atoms with E-state index >= 15 is 0 Å². The summed E-state index contributed by atoms with van der Waals surface area (Å²) in [5.74, 6) is 1.83. The molecule has 212 valence electrons.